The number of halogens is 1. The van der Waals surface area contributed by atoms with Crippen molar-refractivity contribution in [3.63, 3.8) is 0 Å². The average Bonchev–Trinajstić information content (AvgIpc) is 3.37. The Bertz CT molecular complexity index is 875. The van der Waals surface area contributed by atoms with E-state index in [1.807, 2.05) is 12.1 Å². The zero-order chi connectivity index (χ0) is 20.2. The fraction of sp³-hybridized carbons (Fsp3) is 0.429. The van der Waals surface area contributed by atoms with Gasteiger partial charge < -0.3 is 5.32 Å². The van der Waals surface area contributed by atoms with Gasteiger partial charge in [0.25, 0.3) is 0 Å². The molecule has 6 nitrogen and oxygen atoms in total. The number of imide groups is 1. The third-order valence-corrected chi connectivity index (χ3v) is 6.27. The molecule has 2 heterocycles. The summed E-state index contributed by atoms with van der Waals surface area (Å²) < 4.78 is 13.4. The standard InChI is InChI=1S/C21H25FN4O2S/c22-16-3-1-2-15(12-16)19-7-6-18(29-19)13-25-8-10-26(11-9-25)14-20(27)24-21(28)23-17-4-5-17/h1-3,6-7,12,17H,4-5,8-11,13-14H2,(H2,23,24,27,28). The Morgan fingerprint density at radius 3 is 2.55 bits per heavy atom. The maximum Gasteiger partial charge on any atom is 0.321 e. The van der Waals surface area contributed by atoms with Crippen molar-refractivity contribution < 1.29 is 14.0 Å². The van der Waals surface area contributed by atoms with Crippen LogP contribution in [0.25, 0.3) is 10.4 Å². The quantitative estimate of drug-likeness (QED) is 0.760. The summed E-state index contributed by atoms with van der Waals surface area (Å²) in [5, 5.41) is 5.16. The van der Waals surface area contributed by atoms with Gasteiger partial charge in [0.2, 0.25) is 5.91 Å². The number of amides is 3. The van der Waals surface area contributed by atoms with E-state index in [1.54, 1.807) is 23.5 Å². The molecule has 0 bridgehead atoms. The highest BCUT2D eigenvalue weighted by atomic mass is 32.1. The Kier molecular flexibility index (Phi) is 6.22. The van der Waals surface area contributed by atoms with Crippen molar-refractivity contribution in [2.45, 2.75) is 25.4 Å². The normalized spacial score (nSPS) is 17.8. The number of urea groups is 1. The summed E-state index contributed by atoms with van der Waals surface area (Å²) in [5.74, 6) is -0.475. The lowest BCUT2D eigenvalue weighted by atomic mass is 10.2. The van der Waals surface area contributed by atoms with Gasteiger partial charge in [0.15, 0.2) is 0 Å². The molecule has 0 atom stereocenters. The van der Waals surface area contributed by atoms with E-state index in [4.69, 9.17) is 0 Å². The van der Waals surface area contributed by atoms with Gasteiger partial charge in [-0.25, -0.2) is 9.18 Å². The average molecular weight is 417 g/mol. The lowest BCUT2D eigenvalue weighted by Crippen LogP contribution is -2.50. The number of carbonyl (C=O) groups excluding carboxylic acids is 2. The molecule has 8 heteroatoms. The summed E-state index contributed by atoms with van der Waals surface area (Å²) in [6.45, 7) is 4.42. The Morgan fingerprint density at radius 2 is 1.83 bits per heavy atom. The highest BCUT2D eigenvalue weighted by Crippen LogP contribution is 2.29. The lowest BCUT2D eigenvalue weighted by molar-refractivity contribution is -0.121. The fourth-order valence-corrected chi connectivity index (χ4v) is 4.45. The summed E-state index contributed by atoms with van der Waals surface area (Å²) in [6.07, 6.45) is 2.00. The van der Waals surface area contributed by atoms with Gasteiger partial charge in [-0.3, -0.25) is 19.9 Å². The van der Waals surface area contributed by atoms with Gasteiger partial charge in [0, 0.05) is 48.5 Å². The summed E-state index contributed by atoms with van der Waals surface area (Å²) >= 11 is 1.69. The molecule has 1 aliphatic carbocycles. The maximum absolute atomic E-state index is 13.4. The van der Waals surface area contributed by atoms with Crippen molar-refractivity contribution in [3.8, 4) is 10.4 Å². The van der Waals surface area contributed by atoms with Crippen LogP contribution in [0.1, 0.15) is 17.7 Å². The number of rotatable bonds is 6. The van der Waals surface area contributed by atoms with Crippen LogP contribution < -0.4 is 10.6 Å². The van der Waals surface area contributed by atoms with Crippen molar-refractivity contribution in [2.75, 3.05) is 32.7 Å². The van der Waals surface area contributed by atoms with Gasteiger partial charge in [0.1, 0.15) is 5.82 Å². The van der Waals surface area contributed by atoms with Crippen LogP contribution >= 0.6 is 11.3 Å². The fourth-order valence-electron chi connectivity index (χ4n) is 3.40. The van der Waals surface area contributed by atoms with E-state index in [0.717, 1.165) is 56.0 Å². The molecular weight excluding hydrogens is 391 g/mol. The predicted molar refractivity (Wildman–Crippen MR) is 111 cm³/mol. The number of hydrogen-bond acceptors (Lipinski definition) is 5. The number of piperazine rings is 1. The van der Waals surface area contributed by atoms with Gasteiger partial charge >= 0.3 is 6.03 Å². The monoisotopic (exact) mass is 416 g/mol. The van der Waals surface area contributed by atoms with Gasteiger partial charge in [-0.2, -0.15) is 0 Å². The van der Waals surface area contributed by atoms with E-state index >= 15 is 0 Å². The summed E-state index contributed by atoms with van der Waals surface area (Å²) in [6, 6.07) is 10.7. The molecule has 2 fully saturated rings. The molecule has 0 radical (unpaired) electrons. The van der Waals surface area contributed by atoms with E-state index < -0.39 is 0 Å². The van der Waals surface area contributed by atoms with Gasteiger partial charge in [-0.05, 0) is 42.7 Å². The second kappa shape index (κ2) is 9.02. The first kappa shape index (κ1) is 20.0. The largest absolute Gasteiger partial charge is 0.335 e. The molecule has 0 spiro atoms. The molecule has 1 aliphatic heterocycles. The van der Waals surface area contributed by atoms with Crippen molar-refractivity contribution in [1.29, 1.82) is 0 Å². The first-order valence-corrected chi connectivity index (χ1v) is 10.8. The van der Waals surface area contributed by atoms with Gasteiger partial charge in [0.05, 0.1) is 6.54 Å². The lowest BCUT2D eigenvalue weighted by Gasteiger charge is -2.33. The molecular formula is C21H25FN4O2S. The molecule has 1 saturated carbocycles. The van der Waals surface area contributed by atoms with Crippen LogP contribution in [0.15, 0.2) is 36.4 Å². The zero-order valence-corrected chi connectivity index (χ0v) is 17.0. The zero-order valence-electron chi connectivity index (χ0n) is 16.2. The molecule has 0 unspecified atom stereocenters. The summed E-state index contributed by atoms with van der Waals surface area (Å²) in [4.78, 5) is 30.4. The number of nitrogens with zero attached hydrogens (tertiary/aromatic N) is 2. The van der Waals surface area contributed by atoms with Crippen molar-refractivity contribution in [2.24, 2.45) is 0 Å². The third kappa shape index (κ3) is 5.85. The van der Waals surface area contributed by atoms with Crippen molar-refractivity contribution >= 4 is 23.3 Å². The molecule has 29 heavy (non-hydrogen) atoms. The van der Waals surface area contributed by atoms with E-state index in [-0.39, 0.29) is 30.3 Å². The smallest absolute Gasteiger partial charge is 0.321 e. The molecule has 2 N–H and O–H groups in total. The topological polar surface area (TPSA) is 64.7 Å². The number of nitrogens with one attached hydrogen (secondary N) is 2. The Balaban J connectivity index is 1.21. The minimum absolute atomic E-state index is 0.220. The van der Waals surface area contributed by atoms with E-state index in [2.05, 4.69) is 26.5 Å². The van der Waals surface area contributed by atoms with Crippen molar-refractivity contribution in [1.82, 2.24) is 20.4 Å². The van der Waals surface area contributed by atoms with E-state index in [9.17, 15) is 14.0 Å². The van der Waals surface area contributed by atoms with Gasteiger partial charge in [-0.15, -0.1) is 11.3 Å². The van der Waals surface area contributed by atoms with Crippen LogP contribution in [0, 0.1) is 5.82 Å². The Labute approximate surface area is 173 Å². The third-order valence-electron chi connectivity index (χ3n) is 5.15. The number of thiophene rings is 1. The molecule has 3 amide bonds. The van der Waals surface area contributed by atoms with E-state index in [1.165, 1.54) is 10.9 Å². The molecule has 2 aliphatic rings. The first-order chi connectivity index (χ1) is 14.0. The molecule has 154 valence electrons. The Hall–Kier alpha value is -2.29. The maximum atomic E-state index is 13.4. The second-order valence-electron chi connectivity index (χ2n) is 7.62. The summed E-state index contributed by atoms with van der Waals surface area (Å²) in [5.41, 5.74) is 0.905. The Morgan fingerprint density at radius 1 is 1.07 bits per heavy atom. The second-order valence-corrected chi connectivity index (χ2v) is 8.79. The van der Waals surface area contributed by atoms with Crippen LogP contribution in [0.3, 0.4) is 0 Å². The van der Waals surface area contributed by atoms with Crippen molar-refractivity contribution in [3.05, 3.63) is 47.1 Å². The minimum atomic E-state index is -0.386. The number of benzene rings is 1. The molecule has 1 aromatic carbocycles. The number of carbonyl (C=O) groups is 2. The van der Waals surface area contributed by atoms with Crippen LogP contribution in [0.5, 0.6) is 0 Å². The van der Waals surface area contributed by atoms with Crippen LogP contribution in [-0.2, 0) is 11.3 Å². The highest BCUT2D eigenvalue weighted by Gasteiger charge is 2.25. The van der Waals surface area contributed by atoms with E-state index in [0.29, 0.717) is 0 Å². The number of hydrogen-bond donors (Lipinski definition) is 2. The minimum Gasteiger partial charge on any atom is -0.335 e. The SMILES string of the molecule is O=C(CN1CCN(Cc2ccc(-c3cccc(F)c3)s2)CC1)NC(=O)NC1CC1. The van der Waals surface area contributed by atoms with Crippen LogP contribution in [0.4, 0.5) is 9.18 Å². The van der Waals surface area contributed by atoms with Gasteiger partial charge in [-0.1, -0.05) is 12.1 Å². The van der Waals surface area contributed by atoms with Crippen LogP contribution in [0.2, 0.25) is 0 Å². The molecule has 1 saturated heterocycles. The molecule has 1 aromatic heterocycles. The highest BCUT2D eigenvalue weighted by molar-refractivity contribution is 7.15. The summed E-state index contributed by atoms with van der Waals surface area (Å²) in [7, 11) is 0. The predicted octanol–water partition coefficient (Wildman–Crippen LogP) is 2.66. The molecule has 2 aromatic rings. The van der Waals surface area contributed by atoms with Crippen LogP contribution in [-0.4, -0.2) is 60.5 Å². The first-order valence-electron chi connectivity index (χ1n) is 9.95. The molecule has 4 rings (SSSR count).